The number of para-hydroxylation sites is 1. The number of nitrogens with zero attached hydrogens (tertiary/aromatic N) is 2. The van der Waals surface area contributed by atoms with Crippen molar-refractivity contribution in [1.29, 1.82) is 0 Å². The molecule has 3 aromatic rings. The maximum absolute atomic E-state index is 12.5. The molecule has 0 spiro atoms. The van der Waals surface area contributed by atoms with E-state index in [-0.39, 0.29) is 18.6 Å². The lowest BCUT2D eigenvalue weighted by molar-refractivity contribution is -0.124. The molecule has 0 bridgehead atoms. The lowest BCUT2D eigenvalue weighted by atomic mass is 10.2. The first-order chi connectivity index (χ1) is 13.0. The van der Waals surface area contributed by atoms with Crippen LogP contribution in [0.2, 0.25) is 0 Å². The van der Waals surface area contributed by atoms with Gasteiger partial charge in [0.05, 0.1) is 23.1 Å². The summed E-state index contributed by atoms with van der Waals surface area (Å²) in [6, 6.07) is 13.3. The Morgan fingerprint density at radius 1 is 1.19 bits per heavy atom. The molecule has 1 atom stereocenters. The zero-order chi connectivity index (χ0) is 19.4. The topological polar surface area (TPSA) is 73.2 Å². The van der Waals surface area contributed by atoms with Crippen LogP contribution >= 0.6 is 11.3 Å². The molecule has 1 N–H and O–H groups in total. The summed E-state index contributed by atoms with van der Waals surface area (Å²) in [4.78, 5) is 25.6. The Hall–Kier alpha value is -2.93. The van der Waals surface area contributed by atoms with Crippen LogP contribution in [0.5, 0.6) is 0 Å². The molecule has 140 valence electrons. The van der Waals surface area contributed by atoms with Crippen molar-refractivity contribution in [3.8, 4) is 5.69 Å². The number of benzene rings is 1. The van der Waals surface area contributed by atoms with Gasteiger partial charge < -0.3 is 10.1 Å². The van der Waals surface area contributed by atoms with Crippen molar-refractivity contribution in [3.63, 3.8) is 0 Å². The van der Waals surface area contributed by atoms with Crippen LogP contribution in [0.3, 0.4) is 0 Å². The fourth-order valence-electron chi connectivity index (χ4n) is 2.85. The monoisotopic (exact) mass is 383 g/mol. The summed E-state index contributed by atoms with van der Waals surface area (Å²) in [6.45, 7) is 5.12. The van der Waals surface area contributed by atoms with E-state index < -0.39 is 5.97 Å². The maximum atomic E-state index is 12.5. The van der Waals surface area contributed by atoms with Gasteiger partial charge in [0.25, 0.3) is 5.91 Å². The third-order valence-corrected chi connectivity index (χ3v) is 5.23. The van der Waals surface area contributed by atoms with Crippen LogP contribution in [0.15, 0.2) is 47.8 Å². The predicted molar refractivity (Wildman–Crippen MR) is 104 cm³/mol. The minimum Gasteiger partial charge on any atom is -0.452 e. The van der Waals surface area contributed by atoms with E-state index in [1.807, 2.05) is 61.7 Å². The molecule has 2 aromatic heterocycles. The molecule has 0 fully saturated rings. The first-order valence-corrected chi connectivity index (χ1v) is 9.47. The van der Waals surface area contributed by atoms with Crippen molar-refractivity contribution in [2.75, 3.05) is 6.61 Å². The normalized spacial score (nSPS) is 11.8. The lowest BCUT2D eigenvalue weighted by Gasteiger charge is -2.12. The van der Waals surface area contributed by atoms with Gasteiger partial charge in [0.1, 0.15) is 5.56 Å². The van der Waals surface area contributed by atoms with E-state index in [0.717, 1.165) is 10.6 Å². The molecule has 1 amide bonds. The Morgan fingerprint density at radius 3 is 2.59 bits per heavy atom. The molecular weight excluding hydrogens is 362 g/mol. The number of hydrogen-bond acceptors (Lipinski definition) is 5. The van der Waals surface area contributed by atoms with Gasteiger partial charge in [-0.3, -0.25) is 4.79 Å². The second kappa shape index (κ2) is 8.18. The predicted octanol–water partition coefficient (Wildman–Crippen LogP) is 3.58. The number of aryl methyl sites for hydroxylation is 1. The largest absolute Gasteiger partial charge is 0.452 e. The van der Waals surface area contributed by atoms with Crippen LogP contribution in [0.25, 0.3) is 5.69 Å². The summed E-state index contributed by atoms with van der Waals surface area (Å²) < 4.78 is 6.92. The van der Waals surface area contributed by atoms with Gasteiger partial charge in [0, 0.05) is 4.88 Å². The van der Waals surface area contributed by atoms with Crippen LogP contribution in [0, 0.1) is 13.8 Å². The quantitative estimate of drug-likeness (QED) is 0.660. The Morgan fingerprint density at radius 2 is 1.93 bits per heavy atom. The highest BCUT2D eigenvalue weighted by Gasteiger charge is 2.22. The number of ether oxygens (including phenoxy) is 1. The minimum atomic E-state index is -0.550. The van der Waals surface area contributed by atoms with E-state index in [1.54, 1.807) is 22.9 Å². The molecule has 0 radical (unpaired) electrons. The molecule has 0 unspecified atom stereocenters. The Balaban J connectivity index is 1.65. The maximum Gasteiger partial charge on any atom is 0.342 e. The van der Waals surface area contributed by atoms with Gasteiger partial charge in [-0.05, 0) is 44.4 Å². The smallest absolute Gasteiger partial charge is 0.342 e. The number of carbonyl (C=O) groups excluding carboxylic acids is 2. The second-order valence-corrected chi connectivity index (χ2v) is 7.15. The van der Waals surface area contributed by atoms with Crippen molar-refractivity contribution in [3.05, 3.63) is 69.7 Å². The molecule has 0 aliphatic rings. The van der Waals surface area contributed by atoms with Crippen LogP contribution < -0.4 is 5.32 Å². The second-order valence-electron chi connectivity index (χ2n) is 6.17. The Bertz CT molecular complexity index is 933. The minimum absolute atomic E-state index is 0.125. The van der Waals surface area contributed by atoms with E-state index in [0.29, 0.717) is 17.0 Å². The molecule has 1 aromatic carbocycles. The van der Waals surface area contributed by atoms with Crippen molar-refractivity contribution in [2.24, 2.45) is 0 Å². The molecule has 0 saturated carbocycles. The van der Waals surface area contributed by atoms with Crippen molar-refractivity contribution < 1.29 is 14.3 Å². The molecular formula is C20H21N3O3S. The molecule has 3 rings (SSSR count). The summed E-state index contributed by atoms with van der Waals surface area (Å²) >= 11 is 1.57. The SMILES string of the molecule is Cc1nn(-c2ccccc2)c(C)c1C(=O)OCC(=O)N[C@@H](C)c1cccs1. The summed E-state index contributed by atoms with van der Waals surface area (Å²) in [5, 5.41) is 9.20. The average molecular weight is 383 g/mol. The van der Waals surface area contributed by atoms with Crippen LogP contribution in [-0.4, -0.2) is 28.3 Å². The van der Waals surface area contributed by atoms with E-state index in [9.17, 15) is 9.59 Å². The van der Waals surface area contributed by atoms with Gasteiger partial charge in [0.2, 0.25) is 0 Å². The number of rotatable bonds is 6. The molecule has 27 heavy (non-hydrogen) atoms. The zero-order valence-corrected chi connectivity index (χ0v) is 16.2. The first kappa shape index (κ1) is 18.8. The highest BCUT2D eigenvalue weighted by Crippen LogP contribution is 2.19. The van der Waals surface area contributed by atoms with E-state index in [4.69, 9.17) is 4.74 Å². The molecule has 2 heterocycles. The fraction of sp³-hybridized carbons (Fsp3) is 0.250. The van der Waals surface area contributed by atoms with Gasteiger partial charge in [-0.2, -0.15) is 5.10 Å². The van der Waals surface area contributed by atoms with Crippen molar-refractivity contribution >= 4 is 23.2 Å². The molecule has 7 heteroatoms. The summed E-state index contributed by atoms with van der Waals surface area (Å²) in [7, 11) is 0. The Kier molecular flexibility index (Phi) is 5.71. The zero-order valence-electron chi connectivity index (χ0n) is 15.4. The summed E-state index contributed by atoms with van der Waals surface area (Å²) in [5.74, 6) is -0.888. The first-order valence-electron chi connectivity index (χ1n) is 8.59. The van der Waals surface area contributed by atoms with Crippen molar-refractivity contribution in [2.45, 2.75) is 26.8 Å². The average Bonchev–Trinajstić information content (AvgIpc) is 3.29. The van der Waals surface area contributed by atoms with E-state index in [2.05, 4.69) is 10.4 Å². The highest BCUT2D eigenvalue weighted by atomic mass is 32.1. The van der Waals surface area contributed by atoms with Crippen LogP contribution in [0.4, 0.5) is 0 Å². The number of thiophene rings is 1. The summed E-state index contributed by atoms with van der Waals surface area (Å²) in [5.41, 5.74) is 2.49. The van der Waals surface area contributed by atoms with E-state index >= 15 is 0 Å². The van der Waals surface area contributed by atoms with E-state index in [1.165, 1.54) is 0 Å². The number of nitrogens with one attached hydrogen (secondary N) is 1. The molecule has 0 aliphatic carbocycles. The number of carbonyl (C=O) groups is 2. The molecule has 6 nitrogen and oxygen atoms in total. The number of hydrogen-bond donors (Lipinski definition) is 1. The summed E-state index contributed by atoms with van der Waals surface area (Å²) in [6.07, 6.45) is 0. The molecule has 0 aliphatic heterocycles. The number of esters is 1. The number of amides is 1. The van der Waals surface area contributed by atoms with Gasteiger partial charge in [0.15, 0.2) is 6.61 Å². The highest BCUT2D eigenvalue weighted by molar-refractivity contribution is 7.10. The van der Waals surface area contributed by atoms with Gasteiger partial charge >= 0.3 is 5.97 Å². The lowest BCUT2D eigenvalue weighted by Crippen LogP contribution is -2.30. The third kappa shape index (κ3) is 4.25. The van der Waals surface area contributed by atoms with Crippen molar-refractivity contribution in [1.82, 2.24) is 15.1 Å². The standard InChI is InChI=1S/C20H21N3O3S/c1-13(17-10-7-11-27-17)21-18(24)12-26-20(25)19-14(2)22-23(15(19)3)16-8-5-4-6-9-16/h4-11,13H,12H2,1-3H3,(H,21,24)/t13-/m0/s1. The Labute approximate surface area is 161 Å². The number of aromatic nitrogens is 2. The van der Waals surface area contributed by atoms with Gasteiger partial charge in [-0.15, -0.1) is 11.3 Å². The fourth-order valence-corrected chi connectivity index (χ4v) is 3.59. The van der Waals surface area contributed by atoms with Gasteiger partial charge in [-0.25, -0.2) is 9.48 Å². The van der Waals surface area contributed by atoms with Crippen LogP contribution in [-0.2, 0) is 9.53 Å². The van der Waals surface area contributed by atoms with Gasteiger partial charge in [-0.1, -0.05) is 24.3 Å². The third-order valence-electron chi connectivity index (χ3n) is 4.18. The van der Waals surface area contributed by atoms with Crippen LogP contribution in [0.1, 0.15) is 39.6 Å². The molecule has 0 saturated heterocycles.